The Hall–Kier alpha value is -0.820. The van der Waals surface area contributed by atoms with E-state index >= 15 is 0 Å². The van der Waals surface area contributed by atoms with Crippen molar-refractivity contribution in [3.8, 4) is 0 Å². The van der Waals surface area contributed by atoms with Gasteiger partial charge >= 0.3 is 0 Å². The molecule has 0 unspecified atom stereocenters. The van der Waals surface area contributed by atoms with Crippen LogP contribution in [0.3, 0.4) is 0 Å². The van der Waals surface area contributed by atoms with Crippen LogP contribution < -0.4 is 0 Å². The summed E-state index contributed by atoms with van der Waals surface area (Å²) in [5, 5.41) is 0. The molecular formula is C13H15ClO. The van der Waals surface area contributed by atoms with Crippen LogP contribution >= 0.6 is 11.6 Å². The van der Waals surface area contributed by atoms with Crippen LogP contribution in [0.4, 0.5) is 0 Å². The number of ketones is 1. The maximum atomic E-state index is 11.2. The molecule has 1 nitrogen and oxygen atoms in total. The van der Waals surface area contributed by atoms with Gasteiger partial charge in [0.2, 0.25) is 0 Å². The van der Waals surface area contributed by atoms with Gasteiger partial charge in [0.1, 0.15) is 5.78 Å². The van der Waals surface area contributed by atoms with Crippen LogP contribution in [0.5, 0.6) is 0 Å². The van der Waals surface area contributed by atoms with Gasteiger partial charge in [-0.2, -0.15) is 0 Å². The molecule has 2 heteroatoms. The van der Waals surface area contributed by atoms with E-state index in [9.17, 15) is 4.79 Å². The van der Waals surface area contributed by atoms with Crippen molar-refractivity contribution >= 4 is 17.4 Å². The van der Waals surface area contributed by atoms with Gasteiger partial charge in [-0.05, 0) is 30.9 Å². The highest BCUT2D eigenvalue weighted by Crippen LogP contribution is 2.51. The van der Waals surface area contributed by atoms with E-state index in [1.165, 1.54) is 5.56 Å². The molecule has 1 fully saturated rings. The number of hydrogen-bond donors (Lipinski definition) is 0. The Morgan fingerprint density at radius 1 is 1.33 bits per heavy atom. The van der Waals surface area contributed by atoms with Gasteiger partial charge in [-0.15, -0.1) is 11.6 Å². The zero-order chi connectivity index (χ0) is 10.9. The molecule has 0 aliphatic heterocycles. The predicted molar refractivity (Wildman–Crippen MR) is 62.2 cm³/mol. The molecule has 1 aromatic carbocycles. The minimum atomic E-state index is 0.163. The average Bonchev–Trinajstić information content (AvgIpc) is 2.98. The van der Waals surface area contributed by atoms with Gasteiger partial charge < -0.3 is 0 Å². The molecule has 80 valence electrons. The fourth-order valence-corrected chi connectivity index (χ4v) is 2.32. The first kappa shape index (κ1) is 10.7. The molecule has 0 spiro atoms. The summed E-state index contributed by atoms with van der Waals surface area (Å²) in [7, 11) is 0. The second-order valence-electron chi connectivity index (χ2n) is 4.49. The Kier molecular flexibility index (Phi) is 2.83. The lowest BCUT2D eigenvalue weighted by Crippen LogP contribution is -2.11. The number of carbonyl (C=O) groups excluding carboxylic acids is 1. The monoisotopic (exact) mass is 222 g/mol. The highest BCUT2D eigenvalue weighted by atomic mass is 35.5. The van der Waals surface area contributed by atoms with Crippen LogP contribution in [0.15, 0.2) is 24.3 Å². The fraction of sp³-hybridized carbons (Fsp3) is 0.462. The second-order valence-corrected chi connectivity index (χ2v) is 4.76. The van der Waals surface area contributed by atoms with Crippen LogP contribution in [0.25, 0.3) is 0 Å². The lowest BCUT2D eigenvalue weighted by atomic mass is 9.90. The molecule has 1 aliphatic rings. The van der Waals surface area contributed by atoms with E-state index in [4.69, 9.17) is 11.6 Å². The van der Waals surface area contributed by atoms with Crippen molar-refractivity contribution in [3.05, 3.63) is 35.4 Å². The van der Waals surface area contributed by atoms with Gasteiger partial charge in [-0.1, -0.05) is 24.3 Å². The smallest absolute Gasteiger partial charge is 0.130 e. The first-order valence-corrected chi connectivity index (χ1v) is 5.85. The van der Waals surface area contributed by atoms with E-state index in [0.717, 1.165) is 18.4 Å². The first-order chi connectivity index (χ1) is 7.16. The third kappa shape index (κ3) is 2.23. The molecule has 0 N–H and O–H groups in total. The topological polar surface area (TPSA) is 17.1 Å². The molecule has 0 bridgehead atoms. The van der Waals surface area contributed by atoms with Gasteiger partial charge in [0.15, 0.2) is 0 Å². The Bertz CT molecular complexity index is 363. The van der Waals surface area contributed by atoms with Gasteiger partial charge in [0.25, 0.3) is 0 Å². The molecule has 0 radical (unpaired) electrons. The van der Waals surface area contributed by atoms with Crippen molar-refractivity contribution in [1.82, 2.24) is 0 Å². The molecule has 0 atom stereocenters. The Balaban J connectivity index is 2.18. The van der Waals surface area contributed by atoms with Crippen molar-refractivity contribution in [3.63, 3.8) is 0 Å². The summed E-state index contributed by atoms with van der Waals surface area (Å²) in [6, 6.07) is 8.35. The second kappa shape index (κ2) is 3.97. The van der Waals surface area contributed by atoms with Crippen LogP contribution in [0.1, 0.15) is 37.3 Å². The van der Waals surface area contributed by atoms with Crippen LogP contribution in [0.2, 0.25) is 0 Å². The summed E-state index contributed by atoms with van der Waals surface area (Å²) in [6.45, 7) is 1.67. The molecule has 0 heterocycles. The molecule has 2 rings (SSSR count). The zero-order valence-electron chi connectivity index (χ0n) is 8.92. The van der Waals surface area contributed by atoms with Crippen LogP contribution in [-0.4, -0.2) is 5.78 Å². The number of hydrogen-bond acceptors (Lipinski definition) is 1. The SMILES string of the molecule is CC(=O)CC1(c2ccc(CCl)cc2)CC1. The highest BCUT2D eigenvalue weighted by Gasteiger charge is 2.44. The fourth-order valence-electron chi connectivity index (χ4n) is 2.14. The molecule has 1 saturated carbocycles. The van der Waals surface area contributed by atoms with Crippen molar-refractivity contribution in [2.75, 3.05) is 0 Å². The summed E-state index contributed by atoms with van der Waals surface area (Å²) in [6.07, 6.45) is 2.98. The highest BCUT2D eigenvalue weighted by molar-refractivity contribution is 6.17. The van der Waals surface area contributed by atoms with E-state index in [1.54, 1.807) is 6.92 Å². The maximum absolute atomic E-state index is 11.2. The van der Waals surface area contributed by atoms with Gasteiger partial charge in [-0.3, -0.25) is 4.79 Å². The molecule has 0 amide bonds. The summed E-state index contributed by atoms with van der Waals surface area (Å²) in [5.74, 6) is 0.842. The standard InChI is InChI=1S/C13H15ClO/c1-10(15)8-13(6-7-13)12-4-2-11(9-14)3-5-12/h2-5H,6-9H2,1H3. The van der Waals surface area contributed by atoms with Crippen LogP contribution in [0, 0.1) is 0 Å². The summed E-state index contributed by atoms with van der Waals surface area (Å²) in [4.78, 5) is 11.2. The number of alkyl halides is 1. The van der Waals surface area contributed by atoms with Gasteiger partial charge in [-0.25, -0.2) is 0 Å². The lowest BCUT2D eigenvalue weighted by molar-refractivity contribution is -0.117. The minimum Gasteiger partial charge on any atom is -0.300 e. The Morgan fingerprint density at radius 2 is 1.93 bits per heavy atom. The third-order valence-electron chi connectivity index (χ3n) is 3.16. The Morgan fingerprint density at radius 3 is 2.33 bits per heavy atom. The van der Waals surface area contributed by atoms with E-state index in [1.807, 2.05) is 0 Å². The number of carbonyl (C=O) groups is 1. The third-order valence-corrected chi connectivity index (χ3v) is 3.47. The average molecular weight is 223 g/mol. The van der Waals surface area contributed by atoms with Crippen molar-refractivity contribution in [1.29, 1.82) is 0 Å². The molecular weight excluding hydrogens is 208 g/mol. The maximum Gasteiger partial charge on any atom is 0.130 e. The molecule has 0 saturated heterocycles. The number of rotatable bonds is 4. The lowest BCUT2D eigenvalue weighted by Gasteiger charge is -2.13. The molecule has 1 aliphatic carbocycles. The first-order valence-electron chi connectivity index (χ1n) is 5.31. The van der Waals surface area contributed by atoms with Crippen molar-refractivity contribution in [2.24, 2.45) is 0 Å². The molecule has 15 heavy (non-hydrogen) atoms. The van der Waals surface area contributed by atoms with Gasteiger partial charge in [0.05, 0.1) is 0 Å². The quantitative estimate of drug-likeness (QED) is 0.714. The summed E-state index contributed by atoms with van der Waals surface area (Å²) < 4.78 is 0. The molecule has 0 aromatic heterocycles. The van der Waals surface area contributed by atoms with E-state index in [-0.39, 0.29) is 11.2 Å². The Labute approximate surface area is 95.4 Å². The van der Waals surface area contributed by atoms with Crippen LogP contribution in [-0.2, 0) is 16.1 Å². The minimum absolute atomic E-state index is 0.163. The van der Waals surface area contributed by atoms with E-state index < -0.39 is 0 Å². The zero-order valence-corrected chi connectivity index (χ0v) is 9.68. The molecule has 1 aromatic rings. The number of Topliss-reactive ketones (excluding diaryl/α,β-unsaturated/α-hetero) is 1. The van der Waals surface area contributed by atoms with Gasteiger partial charge in [0, 0.05) is 17.7 Å². The van der Waals surface area contributed by atoms with E-state index in [2.05, 4.69) is 24.3 Å². The summed E-state index contributed by atoms with van der Waals surface area (Å²) >= 11 is 5.74. The summed E-state index contributed by atoms with van der Waals surface area (Å²) in [5.41, 5.74) is 2.60. The number of halogens is 1. The number of benzene rings is 1. The normalized spacial score (nSPS) is 17.5. The van der Waals surface area contributed by atoms with E-state index in [0.29, 0.717) is 12.3 Å². The van der Waals surface area contributed by atoms with Crippen molar-refractivity contribution in [2.45, 2.75) is 37.5 Å². The predicted octanol–water partition coefficient (Wildman–Crippen LogP) is 3.44. The largest absolute Gasteiger partial charge is 0.300 e. The van der Waals surface area contributed by atoms with Crippen molar-refractivity contribution < 1.29 is 4.79 Å².